The molecular formula is C22H24N4O2. The Labute approximate surface area is 164 Å². The average molecular weight is 376 g/mol. The van der Waals surface area contributed by atoms with Gasteiger partial charge in [0.1, 0.15) is 19.0 Å². The van der Waals surface area contributed by atoms with E-state index < -0.39 is 0 Å². The molecule has 1 aliphatic heterocycles. The van der Waals surface area contributed by atoms with Crippen molar-refractivity contribution in [2.75, 3.05) is 24.3 Å². The van der Waals surface area contributed by atoms with Crippen molar-refractivity contribution >= 4 is 22.7 Å². The first-order valence-electron chi connectivity index (χ1n) is 10.00. The molecule has 6 nitrogen and oxygen atoms in total. The zero-order chi connectivity index (χ0) is 18.9. The van der Waals surface area contributed by atoms with Gasteiger partial charge in [-0.15, -0.1) is 0 Å². The molecule has 2 heterocycles. The smallest absolute Gasteiger partial charge is 0.222 e. The summed E-state index contributed by atoms with van der Waals surface area (Å²) in [5.41, 5.74) is 8.98. The van der Waals surface area contributed by atoms with Crippen LogP contribution in [0.1, 0.15) is 32.1 Å². The number of rotatable bonds is 3. The van der Waals surface area contributed by atoms with Crippen LogP contribution in [0.2, 0.25) is 0 Å². The fourth-order valence-corrected chi connectivity index (χ4v) is 4.10. The summed E-state index contributed by atoms with van der Waals surface area (Å²) >= 11 is 0. The number of nitrogen functional groups attached to an aromatic ring is 1. The van der Waals surface area contributed by atoms with Gasteiger partial charge in [0, 0.05) is 11.4 Å². The standard InChI is InChI=1S/C22H24N4O2/c23-22-25-18-8-6-14(15-7-9-19-20(13-15)28-11-10-27-19)12-17(18)21(26-22)24-16-4-2-1-3-5-16/h6-9,12-13,16H,1-5,10-11H2,(H3,23,24,25,26). The first-order valence-corrected chi connectivity index (χ1v) is 10.00. The highest BCUT2D eigenvalue weighted by Gasteiger charge is 2.17. The predicted molar refractivity (Wildman–Crippen MR) is 111 cm³/mol. The van der Waals surface area contributed by atoms with Crippen molar-refractivity contribution < 1.29 is 9.47 Å². The zero-order valence-electron chi connectivity index (χ0n) is 15.8. The molecule has 6 heteroatoms. The van der Waals surface area contributed by atoms with Gasteiger partial charge in [0.05, 0.1) is 5.52 Å². The molecule has 1 fully saturated rings. The second-order valence-corrected chi connectivity index (χ2v) is 7.50. The maximum absolute atomic E-state index is 5.96. The number of nitrogens with two attached hydrogens (primary N) is 1. The molecule has 0 saturated heterocycles. The Kier molecular flexibility index (Phi) is 4.39. The van der Waals surface area contributed by atoms with Gasteiger partial charge < -0.3 is 20.5 Å². The second kappa shape index (κ2) is 7.19. The monoisotopic (exact) mass is 376 g/mol. The number of hydrogen-bond donors (Lipinski definition) is 2. The van der Waals surface area contributed by atoms with Crippen molar-refractivity contribution in [3.05, 3.63) is 36.4 Å². The molecule has 2 aromatic carbocycles. The number of nitrogens with one attached hydrogen (secondary N) is 1. The summed E-state index contributed by atoms with van der Waals surface area (Å²) in [6, 6.07) is 12.7. The molecule has 0 bridgehead atoms. The number of fused-ring (bicyclic) bond motifs is 2. The largest absolute Gasteiger partial charge is 0.486 e. The summed E-state index contributed by atoms with van der Waals surface area (Å²) in [5, 5.41) is 4.61. The molecular weight excluding hydrogens is 352 g/mol. The van der Waals surface area contributed by atoms with Crippen LogP contribution in [-0.4, -0.2) is 29.2 Å². The zero-order valence-corrected chi connectivity index (χ0v) is 15.8. The fourth-order valence-electron chi connectivity index (χ4n) is 4.10. The summed E-state index contributed by atoms with van der Waals surface area (Å²) in [6.45, 7) is 1.17. The van der Waals surface area contributed by atoms with Gasteiger partial charge in [-0.2, -0.15) is 4.98 Å². The van der Waals surface area contributed by atoms with Crippen molar-refractivity contribution in [3.63, 3.8) is 0 Å². The van der Waals surface area contributed by atoms with E-state index in [1.165, 1.54) is 32.1 Å². The molecule has 1 aliphatic carbocycles. The Morgan fingerprint density at radius 3 is 2.46 bits per heavy atom. The summed E-state index contributed by atoms with van der Waals surface area (Å²) in [6.07, 6.45) is 6.19. The Bertz CT molecular complexity index is 1010. The van der Waals surface area contributed by atoms with Gasteiger partial charge in [-0.25, -0.2) is 4.98 Å². The van der Waals surface area contributed by atoms with Crippen LogP contribution in [-0.2, 0) is 0 Å². The highest BCUT2D eigenvalue weighted by Crippen LogP contribution is 2.36. The lowest BCUT2D eigenvalue weighted by molar-refractivity contribution is 0.171. The lowest BCUT2D eigenvalue weighted by Gasteiger charge is -2.24. The molecule has 144 valence electrons. The van der Waals surface area contributed by atoms with Crippen molar-refractivity contribution in [1.29, 1.82) is 0 Å². The van der Waals surface area contributed by atoms with Gasteiger partial charge in [0.25, 0.3) is 0 Å². The van der Waals surface area contributed by atoms with Crippen molar-refractivity contribution in [3.8, 4) is 22.6 Å². The van der Waals surface area contributed by atoms with Crippen LogP contribution in [0.3, 0.4) is 0 Å². The van der Waals surface area contributed by atoms with Gasteiger partial charge >= 0.3 is 0 Å². The fraction of sp³-hybridized carbons (Fsp3) is 0.364. The van der Waals surface area contributed by atoms with Crippen LogP contribution in [0.5, 0.6) is 11.5 Å². The number of aromatic nitrogens is 2. The van der Waals surface area contributed by atoms with Crippen molar-refractivity contribution in [2.45, 2.75) is 38.1 Å². The van der Waals surface area contributed by atoms with Crippen molar-refractivity contribution in [2.24, 2.45) is 0 Å². The van der Waals surface area contributed by atoms with Gasteiger partial charge in [-0.05, 0) is 48.2 Å². The minimum Gasteiger partial charge on any atom is -0.486 e. The number of ether oxygens (including phenoxy) is 2. The molecule has 0 radical (unpaired) electrons. The molecule has 28 heavy (non-hydrogen) atoms. The third kappa shape index (κ3) is 3.30. The number of nitrogens with zero attached hydrogens (tertiary/aromatic N) is 2. The summed E-state index contributed by atoms with van der Waals surface area (Å²) in [5.74, 6) is 2.72. The minimum absolute atomic E-state index is 0.304. The lowest BCUT2D eigenvalue weighted by atomic mass is 9.95. The number of anilines is 2. The third-order valence-corrected chi connectivity index (χ3v) is 5.53. The van der Waals surface area contributed by atoms with Crippen LogP contribution in [0.15, 0.2) is 36.4 Å². The highest BCUT2D eigenvalue weighted by molar-refractivity contribution is 5.93. The van der Waals surface area contributed by atoms with Gasteiger partial charge in [0.15, 0.2) is 11.5 Å². The number of benzene rings is 2. The second-order valence-electron chi connectivity index (χ2n) is 7.50. The molecule has 1 saturated carbocycles. The molecule has 5 rings (SSSR count). The van der Waals surface area contributed by atoms with Gasteiger partial charge in [0.2, 0.25) is 5.95 Å². The van der Waals surface area contributed by atoms with E-state index in [2.05, 4.69) is 33.5 Å². The normalized spacial score (nSPS) is 16.9. The highest BCUT2D eigenvalue weighted by atomic mass is 16.6. The van der Waals surface area contributed by atoms with E-state index in [9.17, 15) is 0 Å². The van der Waals surface area contributed by atoms with E-state index >= 15 is 0 Å². The molecule has 0 atom stereocenters. The predicted octanol–water partition coefficient (Wildman–Crippen LogP) is 4.39. The van der Waals surface area contributed by atoms with Crippen LogP contribution < -0.4 is 20.5 Å². The van der Waals surface area contributed by atoms with Crippen molar-refractivity contribution in [1.82, 2.24) is 9.97 Å². The van der Waals surface area contributed by atoms with E-state index in [1.807, 2.05) is 18.2 Å². The first-order chi connectivity index (χ1) is 13.8. The van der Waals surface area contributed by atoms with Crippen LogP contribution in [0, 0.1) is 0 Å². The average Bonchev–Trinajstić information content (AvgIpc) is 2.74. The number of hydrogen-bond acceptors (Lipinski definition) is 6. The molecule has 0 amide bonds. The third-order valence-electron chi connectivity index (χ3n) is 5.53. The summed E-state index contributed by atoms with van der Waals surface area (Å²) in [7, 11) is 0. The van der Waals surface area contributed by atoms with E-state index in [0.29, 0.717) is 25.2 Å². The Balaban J connectivity index is 1.54. The molecule has 2 aliphatic rings. The Morgan fingerprint density at radius 1 is 0.857 bits per heavy atom. The van der Waals surface area contributed by atoms with E-state index in [0.717, 1.165) is 39.3 Å². The van der Waals surface area contributed by atoms with Gasteiger partial charge in [-0.1, -0.05) is 31.4 Å². The maximum Gasteiger partial charge on any atom is 0.222 e. The molecule has 1 aromatic heterocycles. The van der Waals surface area contributed by atoms with Crippen LogP contribution in [0.4, 0.5) is 11.8 Å². The summed E-state index contributed by atoms with van der Waals surface area (Å²) < 4.78 is 11.4. The van der Waals surface area contributed by atoms with Gasteiger partial charge in [-0.3, -0.25) is 0 Å². The lowest BCUT2D eigenvalue weighted by Crippen LogP contribution is -2.23. The van der Waals surface area contributed by atoms with E-state index in [-0.39, 0.29) is 0 Å². The first kappa shape index (κ1) is 17.1. The molecule has 0 unspecified atom stereocenters. The van der Waals surface area contributed by atoms with E-state index in [4.69, 9.17) is 15.2 Å². The SMILES string of the molecule is Nc1nc(NC2CCCCC2)c2cc(-c3ccc4c(c3)OCCO4)ccc2n1. The maximum atomic E-state index is 5.96. The van der Waals surface area contributed by atoms with Crippen LogP contribution >= 0.6 is 0 Å². The minimum atomic E-state index is 0.304. The quantitative estimate of drug-likeness (QED) is 0.705. The molecule has 3 N–H and O–H groups in total. The molecule has 0 spiro atoms. The Hall–Kier alpha value is -3.02. The molecule has 3 aromatic rings. The van der Waals surface area contributed by atoms with Crippen LogP contribution in [0.25, 0.3) is 22.0 Å². The Morgan fingerprint density at radius 2 is 1.61 bits per heavy atom. The topological polar surface area (TPSA) is 82.3 Å². The summed E-state index contributed by atoms with van der Waals surface area (Å²) in [4.78, 5) is 8.93. The van der Waals surface area contributed by atoms with E-state index in [1.54, 1.807) is 0 Å².